The summed E-state index contributed by atoms with van der Waals surface area (Å²) in [7, 11) is 0. The van der Waals surface area contributed by atoms with Gasteiger partial charge in [0.25, 0.3) is 0 Å². The Morgan fingerprint density at radius 3 is 2.18 bits per heavy atom. The molecule has 0 radical (unpaired) electrons. The van der Waals surface area contributed by atoms with E-state index >= 15 is 0 Å². The molecule has 1 aromatic rings. The van der Waals surface area contributed by atoms with Crippen molar-refractivity contribution in [3.05, 3.63) is 46.6 Å². The molecule has 28 heavy (non-hydrogen) atoms. The average molecular weight is 386 g/mol. The number of esters is 1. The quantitative estimate of drug-likeness (QED) is 0.415. The van der Waals surface area contributed by atoms with Crippen molar-refractivity contribution in [2.45, 2.75) is 53.1 Å². The lowest BCUT2D eigenvalue weighted by Crippen LogP contribution is -2.31. The van der Waals surface area contributed by atoms with Gasteiger partial charge in [0.05, 0.1) is 17.0 Å². The fourth-order valence-corrected chi connectivity index (χ4v) is 3.16. The van der Waals surface area contributed by atoms with E-state index in [4.69, 9.17) is 4.74 Å². The Hall–Kier alpha value is -2.89. The molecular weight excluding hydrogens is 360 g/mol. The van der Waals surface area contributed by atoms with Crippen LogP contribution in [0.15, 0.2) is 35.4 Å². The third kappa shape index (κ3) is 4.32. The van der Waals surface area contributed by atoms with E-state index in [1.165, 1.54) is 0 Å². The molecule has 0 fully saturated rings. The minimum Gasteiger partial charge on any atom is -0.507 e. The summed E-state index contributed by atoms with van der Waals surface area (Å²) in [5.74, 6) is -2.75. The number of hydrogen-bond donors (Lipinski definition) is 2. The number of fused-ring (bicyclic) bond motifs is 1. The van der Waals surface area contributed by atoms with Crippen molar-refractivity contribution in [1.82, 2.24) is 0 Å². The zero-order valence-electron chi connectivity index (χ0n) is 16.6. The van der Waals surface area contributed by atoms with Crippen molar-refractivity contribution in [2.24, 2.45) is 5.92 Å². The van der Waals surface area contributed by atoms with Gasteiger partial charge in [0.2, 0.25) is 0 Å². The number of aromatic hydroxyl groups is 2. The molecule has 6 heteroatoms. The summed E-state index contributed by atoms with van der Waals surface area (Å²) < 4.78 is 5.62. The SMILES string of the molecule is CCC(CC)C(=O)OC(CC=C(C)C)C1=CC(=O)c2c(O)ccc(O)c2C1=O. The lowest BCUT2D eigenvalue weighted by Gasteiger charge is -2.25. The first-order chi connectivity index (χ1) is 13.2. The molecule has 1 aliphatic carbocycles. The average Bonchev–Trinajstić information content (AvgIpc) is 2.64. The molecule has 0 bridgehead atoms. The maximum atomic E-state index is 13.0. The van der Waals surface area contributed by atoms with Gasteiger partial charge in [-0.2, -0.15) is 0 Å². The maximum absolute atomic E-state index is 13.0. The van der Waals surface area contributed by atoms with Crippen molar-refractivity contribution in [3.63, 3.8) is 0 Å². The highest BCUT2D eigenvalue weighted by Crippen LogP contribution is 2.36. The monoisotopic (exact) mass is 386 g/mol. The van der Waals surface area contributed by atoms with E-state index < -0.39 is 29.4 Å². The minimum atomic E-state index is -0.950. The third-order valence-electron chi connectivity index (χ3n) is 4.85. The first-order valence-corrected chi connectivity index (χ1v) is 9.40. The zero-order chi connectivity index (χ0) is 21.0. The van der Waals surface area contributed by atoms with Crippen LogP contribution in [0.1, 0.15) is 67.7 Å². The van der Waals surface area contributed by atoms with E-state index in [2.05, 4.69) is 0 Å². The molecule has 1 atom stereocenters. The Bertz CT molecular complexity index is 854. The first kappa shape index (κ1) is 21.4. The van der Waals surface area contributed by atoms with E-state index in [0.717, 1.165) is 23.8 Å². The van der Waals surface area contributed by atoms with E-state index in [9.17, 15) is 24.6 Å². The molecule has 1 aliphatic rings. The Morgan fingerprint density at radius 1 is 1.07 bits per heavy atom. The summed E-state index contributed by atoms with van der Waals surface area (Å²) in [6, 6.07) is 2.32. The number of rotatable bonds is 7. The fourth-order valence-electron chi connectivity index (χ4n) is 3.16. The number of hydrogen-bond acceptors (Lipinski definition) is 6. The highest BCUT2D eigenvalue weighted by Gasteiger charge is 2.36. The van der Waals surface area contributed by atoms with Crippen LogP contribution in [0.2, 0.25) is 0 Å². The summed E-state index contributed by atoms with van der Waals surface area (Å²) >= 11 is 0. The molecule has 0 spiro atoms. The number of benzene rings is 1. The number of carbonyl (C=O) groups is 3. The van der Waals surface area contributed by atoms with Gasteiger partial charge in [0.1, 0.15) is 17.6 Å². The van der Waals surface area contributed by atoms with Gasteiger partial charge in [0.15, 0.2) is 11.6 Å². The summed E-state index contributed by atoms with van der Waals surface area (Å²) in [4.78, 5) is 38.0. The van der Waals surface area contributed by atoms with E-state index in [1.54, 1.807) is 0 Å². The van der Waals surface area contributed by atoms with Crippen LogP contribution in [0.3, 0.4) is 0 Å². The number of Topliss-reactive ketones (excluding diaryl/α,β-unsaturated/α-hetero) is 1. The van der Waals surface area contributed by atoms with Gasteiger partial charge in [0, 0.05) is 12.0 Å². The number of ketones is 2. The number of ether oxygens (including phenoxy) is 1. The topological polar surface area (TPSA) is 101 Å². The van der Waals surface area contributed by atoms with Gasteiger partial charge in [-0.25, -0.2) is 0 Å². The third-order valence-corrected chi connectivity index (χ3v) is 4.85. The molecule has 0 aliphatic heterocycles. The van der Waals surface area contributed by atoms with Crippen LogP contribution in [-0.4, -0.2) is 33.9 Å². The molecule has 0 heterocycles. The Kier molecular flexibility index (Phi) is 6.78. The van der Waals surface area contributed by atoms with Crippen LogP contribution in [0, 0.1) is 5.92 Å². The van der Waals surface area contributed by atoms with Crippen molar-refractivity contribution in [1.29, 1.82) is 0 Å². The van der Waals surface area contributed by atoms with E-state index in [0.29, 0.717) is 12.8 Å². The lowest BCUT2D eigenvalue weighted by atomic mass is 9.85. The second-order valence-corrected chi connectivity index (χ2v) is 7.10. The van der Waals surface area contributed by atoms with Crippen LogP contribution in [0.25, 0.3) is 0 Å². The van der Waals surface area contributed by atoms with Crippen LogP contribution >= 0.6 is 0 Å². The van der Waals surface area contributed by atoms with E-state index in [1.807, 2.05) is 33.8 Å². The maximum Gasteiger partial charge on any atom is 0.309 e. The molecule has 0 saturated carbocycles. The summed E-state index contributed by atoms with van der Waals surface area (Å²) in [5.41, 5.74) is 0.471. The van der Waals surface area contributed by atoms with Gasteiger partial charge in [-0.1, -0.05) is 25.5 Å². The van der Waals surface area contributed by atoms with Crippen molar-refractivity contribution < 1.29 is 29.3 Å². The molecule has 150 valence electrons. The number of allylic oxidation sites excluding steroid dienone is 2. The van der Waals surface area contributed by atoms with Crippen molar-refractivity contribution in [3.8, 4) is 11.5 Å². The van der Waals surface area contributed by atoms with E-state index in [-0.39, 0.29) is 34.8 Å². The number of carbonyl (C=O) groups excluding carboxylic acids is 3. The van der Waals surface area contributed by atoms with Crippen LogP contribution < -0.4 is 0 Å². The Labute approximate surface area is 164 Å². The molecule has 0 aromatic heterocycles. The molecule has 1 unspecified atom stereocenters. The van der Waals surface area contributed by atoms with Gasteiger partial charge in [-0.3, -0.25) is 14.4 Å². The summed E-state index contributed by atoms with van der Waals surface area (Å²) in [6.45, 7) is 7.51. The zero-order valence-corrected chi connectivity index (χ0v) is 16.6. The Morgan fingerprint density at radius 2 is 1.64 bits per heavy atom. The molecule has 1 aromatic carbocycles. The largest absolute Gasteiger partial charge is 0.507 e. The minimum absolute atomic E-state index is 0.00444. The molecule has 6 nitrogen and oxygen atoms in total. The predicted molar refractivity (Wildman–Crippen MR) is 105 cm³/mol. The van der Waals surface area contributed by atoms with Gasteiger partial charge < -0.3 is 14.9 Å². The predicted octanol–water partition coefficient (Wildman–Crippen LogP) is 4.11. The van der Waals surface area contributed by atoms with Gasteiger partial charge in [-0.05, 0) is 44.9 Å². The Balaban J connectivity index is 2.47. The normalized spacial score (nSPS) is 14.4. The van der Waals surface area contributed by atoms with Gasteiger partial charge >= 0.3 is 5.97 Å². The smallest absolute Gasteiger partial charge is 0.309 e. The highest BCUT2D eigenvalue weighted by atomic mass is 16.5. The summed E-state index contributed by atoms with van der Waals surface area (Å²) in [5, 5.41) is 20.0. The molecule has 2 rings (SSSR count). The lowest BCUT2D eigenvalue weighted by molar-refractivity contribution is -0.152. The molecule has 0 saturated heterocycles. The first-order valence-electron chi connectivity index (χ1n) is 9.40. The van der Waals surface area contributed by atoms with Gasteiger partial charge in [-0.15, -0.1) is 0 Å². The standard InChI is InChI=1S/C22H26O6/c1-5-13(6-2)22(27)28-18(10-7-12(3)4)14-11-17(25)19-15(23)8-9-16(24)20(19)21(14)26/h7-9,11,13,18,23-24H,5-6,10H2,1-4H3. The molecular formula is C22H26O6. The highest BCUT2D eigenvalue weighted by molar-refractivity contribution is 6.27. The second-order valence-electron chi connectivity index (χ2n) is 7.10. The number of phenolic OH excluding ortho intramolecular Hbond substituents is 2. The molecule has 0 amide bonds. The second kappa shape index (κ2) is 8.87. The van der Waals surface area contributed by atoms with Crippen molar-refractivity contribution in [2.75, 3.05) is 0 Å². The number of phenols is 2. The van der Waals surface area contributed by atoms with Crippen molar-refractivity contribution >= 4 is 17.5 Å². The fraction of sp³-hybridized carbons (Fsp3) is 0.409. The molecule has 2 N–H and O–H groups in total. The van der Waals surface area contributed by atoms with Crippen LogP contribution in [0.4, 0.5) is 0 Å². The van der Waals surface area contributed by atoms with Crippen LogP contribution in [0.5, 0.6) is 11.5 Å². The van der Waals surface area contributed by atoms with Crippen LogP contribution in [-0.2, 0) is 9.53 Å². The summed E-state index contributed by atoms with van der Waals surface area (Å²) in [6.07, 6.45) is 3.40.